The van der Waals surface area contributed by atoms with Gasteiger partial charge in [-0.05, 0) is 143 Å². The van der Waals surface area contributed by atoms with Crippen LogP contribution in [0.2, 0.25) is 0 Å². The molecule has 17 rings (SSSR count). The Bertz CT molecular complexity index is 4530. The molecule has 3 aliphatic carbocycles. The molecule has 0 amide bonds. The van der Waals surface area contributed by atoms with Crippen molar-refractivity contribution in [1.82, 2.24) is 4.57 Å². The fourth-order valence-corrected chi connectivity index (χ4v) is 14.7. The van der Waals surface area contributed by atoms with Crippen LogP contribution in [0.15, 0.2) is 279 Å². The van der Waals surface area contributed by atoms with Crippen molar-refractivity contribution in [2.75, 3.05) is 4.90 Å². The molecule has 2 nitrogen and oxygen atoms in total. The fraction of sp³-hybridized carbons (Fsp3) is 0.0270. The summed E-state index contributed by atoms with van der Waals surface area (Å²) in [5.41, 5.74) is 29.3. The van der Waals surface area contributed by atoms with Crippen LogP contribution < -0.4 is 4.90 Å². The smallest absolute Gasteiger partial charge is 0.0754 e. The molecular formula is C74H46N2. The molecular weight excluding hydrogens is 917 g/mol. The summed E-state index contributed by atoms with van der Waals surface area (Å²) in [6, 6.07) is 105. The van der Waals surface area contributed by atoms with E-state index < -0.39 is 10.8 Å². The first-order chi connectivity index (χ1) is 37.7. The van der Waals surface area contributed by atoms with Gasteiger partial charge in [-0.25, -0.2) is 0 Å². The monoisotopic (exact) mass is 962 g/mol. The number of nitrogens with zero attached hydrogens (tertiary/aromatic N) is 2. The highest BCUT2D eigenvalue weighted by molar-refractivity contribution is 6.13. The van der Waals surface area contributed by atoms with Gasteiger partial charge >= 0.3 is 0 Å². The minimum absolute atomic E-state index is 0.463. The van der Waals surface area contributed by atoms with Gasteiger partial charge in [0, 0.05) is 27.7 Å². The van der Waals surface area contributed by atoms with Gasteiger partial charge in [0.1, 0.15) is 0 Å². The van der Waals surface area contributed by atoms with Gasteiger partial charge in [0.25, 0.3) is 0 Å². The largest absolute Gasteiger partial charge is 0.310 e. The number of hydrogen-bond acceptors (Lipinski definition) is 1. The van der Waals surface area contributed by atoms with Crippen LogP contribution >= 0.6 is 0 Å². The van der Waals surface area contributed by atoms with Crippen LogP contribution in [0.5, 0.6) is 0 Å². The number of rotatable bonds is 5. The quantitative estimate of drug-likeness (QED) is 0.167. The fourth-order valence-electron chi connectivity index (χ4n) is 14.7. The molecule has 0 saturated carbocycles. The second kappa shape index (κ2) is 15.4. The van der Waals surface area contributed by atoms with Crippen molar-refractivity contribution in [1.29, 1.82) is 0 Å². The van der Waals surface area contributed by atoms with Gasteiger partial charge in [-0.2, -0.15) is 0 Å². The molecule has 0 fully saturated rings. The number of fused-ring (bicyclic) bond motifs is 22. The van der Waals surface area contributed by atoms with E-state index in [2.05, 4.69) is 289 Å². The molecule has 12 aromatic carbocycles. The average Bonchev–Trinajstić information content (AvgIpc) is 4.27. The first-order valence-corrected chi connectivity index (χ1v) is 26.6. The van der Waals surface area contributed by atoms with Crippen molar-refractivity contribution in [3.63, 3.8) is 0 Å². The molecule has 1 unspecified atom stereocenters. The molecule has 2 heteroatoms. The summed E-state index contributed by atoms with van der Waals surface area (Å²) in [6.45, 7) is 0. The molecule has 0 saturated heterocycles. The Morgan fingerprint density at radius 2 is 0.724 bits per heavy atom. The molecule has 4 aliphatic rings. The third-order valence-electron chi connectivity index (χ3n) is 17.6. The average molecular weight is 963 g/mol. The lowest BCUT2D eigenvalue weighted by molar-refractivity contribution is 0.749. The second-order valence-corrected chi connectivity index (χ2v) is 21.0. The predicted molar refractivity (Wildman–Crippen MR) is 313 cm³/mol. The minimum Gasteiger partial charge on any atom is -0.310 e. The molecule has 13 aromatic rings. The summed E-state index contributed by atoms with van der Waals surface area (Å²) >= 11 is 0. The highest BCUT2D eigenvalue weighted by atomic mass is 15.1. The first-order valence-electron chi connectivity index (χ1n) is 26.6. The number of hydrogen-bond donors (Lipinski definition) is 0. The molecule has 0 N–H and O–H groups in total. The van der Waals surface area contributed by atoms with Crippen molar-refractivity contribution in [2.24, 2.45) is 0 Å². The molecule has 0 radical (unpaired) electrons. The second-order valence-electron chi connectivity index (χ2n) is 21.0. The van der Waals surface area contributed by atoms with E-state index >= 15 is 0 Å². The van der Waals surface area contributed by atoms with Crippen molar-refractivity contribution in [3.05, 3.63) is 324 Å². The van der Waals surface area contributed by atoms with Crippen molar-refractivity contribution < 1.29 is 0 Å². The molecule has 0 bridgehead atoms. The summed E-state index contributed by atoms with van der Waals surface area (Å²) in [7, 11) is 0. The highest BCUT2D eigenvalue weighted by Crippen LogP contribution is 2.64. The van der Waals surface area contributed by atoms with Gasteiger partial charge in [-0.3, -0.25) is 0 Å². The van der Waals surface area contributed by atoms with Crippen molar-refractivity contribution >= 4 is 38.9 Å². The van der Waals surface area contributed by atoms with E-state index in [-0.39, 0.29) is 0 Å². The van der Waals surface area contributed by atoms with Crippen LogP contribution in [-0.2, 0) is 10.8 Å². The lowest BCUT2D eigenvalue weighted by Crippen LogP contribution is -2.33. The van der Waals surface area contributed by atoms with Gasteiger partial charge < -0.3 is 9.47 Å². The maximum absolute atomic E-state index is 2.52. The van der Waals surface area contributed by atoms with E-state index in [0.717, 1.165) is 17.1 Å². The molecule has 1 atom stereocenters. The Morgan fingerprint density at radius 3 is 1.39 bits per heavy atom. The maximum atomic E-state index is 2.52. The van der Waals surface area contributed by atoms with E-state index in [9.17, 15) is 0 Å². The number of anilines is 3. The zero-order valence-corrected chi connectivity index (χ0v) is 41.5. The van der Waals surface area contributed by atoms with E-state index in [1.165, 1.54) is 128 Å². The molecule has 1 aromatic heterocycles. The predicted octanol–water partition coefficient (Wildman–Crippen LogP) is 18.6. The summed E-state index contributed by atoms with van der Waals surface area (Å²) in [5.74, 6) is 0. The van der Waals surface area contributed by atoms with E-state index in [1.807, 2.05) is 0 Å². The van der Waals surface area contributed by atoms with Gasteiger partial charge in [0.2, 0.25) is 0 Å². The van der Waals surface area contributed by atoms with Gasteiger partial charge in [0.15, 0.2) is 0 Å². The molecule has 352 valence electrons. The maximum Gasteiger partial charge on any atom is 0.0754 e. The molecule has 2 spiro atoms. The molecule has 1 aliphatic heterocycles. The summed E-state index contributed by atoms with van der Waals surface area (Å²) in [6.07, 6.45) is 0. The zero-order valence-electron chi connectivity index (χ0n) is 41.5. The summed E-state index contributed by atoms with van der Waals surface area (Å²) < 4.78 is 2.52. The third kappa shape index (κ3) is 5.25. The van der Waals surface area contributed by atoms with Crippen molar-refractivity contribution in [3.8, 4) is 61.3 Å². The summed E-state index contributed by atoms with van der Waals surface area (Å²) in [5, 5.41) is 2.57. The highest BCUT2D eigenvalue weighted by Gasteiger charge is 2.53. The molecule has 2 heterocycles. The van der Waals surface area contributed by atoms with Crippen LogP contribution in [-0.4, -0.2) is 4.57 Å². The summed E-state index contributed by atoms with van der Waals surface area (Å²) in [4.78, 5) is 2.49. The van der Waals surface area contributed by atoms with E-state index in [0.29, 0.717) is 0 Å². The third-order valence-corrected chi connectivity index (χ3v) is 17.6. The lowest BCUT2D eigenvalue weighted by atomic mass is 9.65. The van der Waals surface area contributed by atoms with Gasteiger partial charge in [-0.1, -0.05) is 231 Å². The van der Waals surface area contributed by atoms with Gasteiger partial charge in [0.05, 0.1) is 33.2 Å². The normalized spacial score (nSPS) is 15.3. The van der Waals surface area contributed by atoms with E-state index in [4.69, 9.17) is 0 Å². The lowest BCUT2D eigenvalue weighted by Gasteiger charge is -2.39. The number of benzene rings is 12. The number of para-hydroxylation sites is 4. The number of aromatic nitrogens is 1. The van der Waals surface area contributed by atoms with Crippen LogP contribution in [0.25, 0.3) is 83.1 Å². The SMILES string of the molecule is c1ccc(-c2ccccc2N(c2ccc(-c3ccc4c(c3)C3(c5ccccc5-4)c4ccccc4-n4c5ccccc5c5cccc3c54)cc2)c2ccc3c(c2)C2(c4ccccc4-c4ccccc42)c2ccccc2-3)cc1. The van der Waals surface area contributed by atoms with Crippen LogP contribution in [0.4, 0.5) is 17.1 Å². The Labute approximate surface area is 441 Å². The van der Waals surface area contributed by atoms with Crippen molar-refractivity contribution in [2.45, 2.75) is 10.8 Å². The Kier molecular flexibility index (Phi) is 8.44. The molecule has 76 heavy (non-hydrogen) atoms. The first kappa shape index (κ1) is 41.7. The van der Waals surface area contributed by atoms with Crippen LogP contribution in [0.3, 0.4) is 0 Å². The Morgan fingerprint density at radius 1 is 0.263 bits per heavy atom. The minimum atomic E-state index is -0.523. The zero-order chi connectivity index (χ0) is 49.7. The Balaban J connectivity index is 0.859. The van der Waals surface area contributed by atoms with Gasteiger partial charge in [-0.15, -0.1) is 0 Å². The van der Waals surface area contributed by atoms with E-state index in [1.54, 1.807) is 0 Å². The topological polar surface area (TPSA) is 8.17 Å². The Hall–Kier alpha value is -9.76. The standard InChI is InChI=1S/C74H46N2/c1-2-19-48(20-3-1)52-21-8-15-34-69(52)75(51-42-44-58-56-25-6-12-30-63(56)73(68(58)46-51)61-28-10-4-22-53(61)54-23-5-11-29-62(54)73)50-40-37-47(38-41-50)49-39-43-57-55-24-7-13-31-64(55)74(67(57)45-49)65-32-14-17-36-71(65)76-70-35-16-9-26-59(70)60-27-18-33-66(74)72(60)76/h1-46H. The van der Waals surface area contributed by atoms with Crippen LogP contribution in [0, 0.1) is 0 Å². The van der Waals surface area contributed by atoms with Crippen LogP contribution in [0.1, 0.15) is 44.5 Å².